The van der Waals surface area contributed by atoms with Crippen LogP contribution in [0.25, 0.3) is 5.69 Å². The van der Waals surface area contributed by atoms with Crippen molar-refractivity contribution in [1.29, 1.82) is 0 Å². The van der Waals surface area contributed by atoms with E-state index in [0.29, 0.717) is 4.77 Å². The van der Waals surface area contributed by atoms with Gasteiger partial charge in [-0.15, -0.1) is 0 Å². The van der Waals surface area contributed by atoms with Crippen LogP contribution in [0.1, 0.15) is 11.4 Å². The third kappa shape index (κ3) is 1.48. The van der Waals surface area contributed by atoms with Gasteiger partial charge in [-0.05, 0) is 38.2 Å². The van der Waals surface area contributed by atoms with E-state index in [4.69, 9.17) is 12.2 Å². The van der Waals surface area contributed by atoms with Gasteiger partial charge in [0, 0.05) is 18.1 Å². The number of pyridine rings is 1. The van der Waals surface area contributed by atoms with E-state index in [2.05, 4.69) is 9.97 Å². The van der Waals surface area contributed by atoms with E-state index < -0.39 is 0 Å². The maximum absolute atomic E-state index is 5.14. The fourth-order valence-electron chi connectivity index (χ4n) is 1.44. The third-order valence-electron chi connectivity index (χ3n) is 2.11. The van der Waals surface area contributed by atoms with Crippen molar-refractivity contribution < 1.29 is 0 Å². The number of imidazole rings is 1. The highest BCUT2D eigenvalue weighted by atomic mass is 32.1. The lowest BCUT2D eigenvalue weighted by molar-refractivity contribution is 0.977. The molecule has 0 aliphatic carbocycles. The Morgan fingerprint density at radius 2 is 2.14 bits per heavy atom. The summed E-state index contributed by atoms with van der Waals surface area (Å²) in [5.41, 5.74) is 3.04. The summed E-state index contributed by atoms with van der Waals surface area (Å²) in [5, 5.41) is 0. The zero-order valence-electron chi connectivity index (χ0n) is 8.11. The summed E-state index contributed by atoms with van der Waals surface area (Å²) in [6.45, 7) is 3.96. The van der Waals surface area contributed by atoms with Crippen LogP contribution in [0.15, 0.2) is 24.5 Å². The number of hydrogen-bond donors (Lipinski definition) is 1. The first-order valence-electron chi connectivity index (χ1n) is 4.39. The van der Waals surface area contributed by atoms with Gasteiger partial charge in [0.2, 0.25) is 0 Å². The van der Waals surface area contributed by atoms with Gasteiger partial charge < -0.3 is 4.98 Å². The number of H-pyrrole nitrogens is 1. The molecular formula is C10H11N3S. The van der Waals surface area contributed by atoms with Crippen LogP contribution in [0.3, 0.4) is 0 Å². The molecule has 4 heteroatoms. The third-order valence-corrected chi connectivity index (χ3v) is 2.42. The molecule has 2 aromatic rings. The highest BCUT2D eigenvalue weighted by Gasteiger charge is 2.02. The summed E-state index contributed by atoms with van der Waals surface area (Å²) < 4.78 is 2.61. The Kier molecular flexibility index (Phi) is 2.21. The van der Waals surface area contributed by atoms with E-state index in [-0.39, 0.29) is 0 Å². The molecule has 1 N–H and O–H groups in total. The van der Waals surface area contributed by atoms with E-state index in [0.717, 1.165) is 17.1 Å². The fraction of sp³-hybridized carbons (Fsp3) is 0.200. The second-order valence-electron chi connectivity index (χ2n) is 3.19. The molecule has 0 fully saturated rings. The van der Waals surface area contributed by atoms with E-state index in [9.17, 15) is 0 Å². The molecule has 2 rings (SSSR count). The molecule has 0 radical (unpaired) electrons. The molecule has 0 unspecified atom stereocenters. The Morgan fingerprint density at radius 1 is 1.36 bits per heavy atom. The molecule has 0 saturated heterocycles. The lowest BCUT2D eigenvalue weighted by Crippen LogP contribution is -1.98. The Bertz CT molecular complexity index is 510. The summed E-state index contributed by atoms with van der Waals surface area (Å²) in [6.07, 6.45) is 3.73. The summed E-state index contributed by atoms with van der Waals surface area (Å²) >= 11 is 5.14. The van der Waals surface area contributed by atoms with Gasteiger partial charge in [0.1, 0.15) is 0 Å². The van der Waals surface area contributed by atoms with Crippen LogP contribution in [0.4, 0.5) is 0 Å². The summed E-state index contributed by atoms with van der Waals surface area (Å²) in [5.74, 6) is 0. The van der Waals surface area contributed by atoms with Crippen LogP contribution in [0.5, 0.6) is 0 Å². The first-order chi connectivity index (χ1) is 6.68. The monoisotopic (exact) mass is 205 g/mol. The second-order valence-corrected chi connectivity index (χ2v) is 3.58. The zero-order chi connectivity index (χ0) is 10.1. The molecule has 3 nitrogen and oxygen atoms in total. The smallest absolute Gasteiger partial charge is 0.181 e. The van der Waals surface area contributed by atoms with Gasteiger partial charge in [0.15, 0.2) is 4.77 Å². The average molecular weight is 205 g/mol. The van der Waals surface area contributed by atoms with Gasteiger partial charge in [-0.3, -0.25) is 9.55 Å². The van der Waals surface area contributed by atoms with Crippen molar-refractivity contribution in [2.24, 2.45) is 0 Å². The van der Waals surface area contributed by atoms with Gasteiger partial charge in [-0.25, -0.2) is 0 Å². The molecule has 0 atom stereocenters. The maximum Gasteiger partial charge on any atom is 0.181 e. The fourth-order valence-corrected chi connectivity index (χ4v) is 1.67. The van der Waals surface area contributed by atoms with Crippen molar-refractivity contribution >= 4 is 12.2 Å². The normalized spacial score (nSPS) is 10.4. The number of rotatable bonds is 1. The van der Waals surface area contributed by atoms with Crippen LogP contribution in [-0.4, -0.2) is 14.5 Å². The highest BCUT2D eigenvalue weighted by Crippen LogP contribution is 2.12. The maximum atomic E-state index is 5.14. The van der Waals surface area contributed by atoms with Gasteiger partial charge in [0.25, 0.3) is 0 Å². The van der Waals surface area contributed by atoms with Crippen LogP contribution < -0.4 is 0 Å². The minimum atomic E-state index is 0.693. The van der Waals surface area contributed by atoms with Gasteiger partial charge >= 0.3 is 0 Å². The number of aryl methyl sites for hydroxylation is 2. The Labute approximate surface area is 87.4 Å². The predicted molar refractivity (Wildman–Crippen MR) is 58.2 cm³/mol. The SMILES string of the molecule is Cc1ccc(-n2cc[nH]c2=S)c(C)n1. The van der Waals surface area contributed by atoms with Gasteiger partial charge in [0.05, 0.1) is 11.4 Å². The second kappa shape index (κ2) is 3.38. The van der Waals surface area contributed by atoms with Gasteiger partial charge in [-0.1, -0.05) is 0 Å². The molecule has 0 aromatic carbocycles. The first kappa shape index (κ1) is 9.15. The van der Waals surface area contributed by atoms with E-state index >= 15 is 0 Å². The molecule has 2 aromatic heterocycles. The molecule has 0 bridgehead atoms. The van der Waals surface area contributed by atoms with Crippen molar-refractivity contribution in [3.05, 3.63) is 40.7 Å². The van der Waals surface area contributed by atoms with Crippen LogP contribution in [0.2, 0.25) is 0 Å². The van der Waals surface area contributed by atoms with Crippen molar-refractivity contribution in [3.63, 3.8) is 0 Å². The summed E-state index contributed by atoms with van der Waals surface area (Å²) in [6, 6.07) is 4.01. The lowest BCUT2D eigenvalue weighted by atomic mass is 10.3. The zero-order valence-corrected chi connectivity index (χ0v) is 8.93. The predicted octanol–water partition coefficient (Wildman–Crippen LogP) is 2.55. The molecule has 0 spiro atoms. The molecular weight excluding hydrogens is 194 g/mol. The van der Waals surface area contributed by atoms with Crippen LogP contribution >= 0.6 is 12.2 Å². The van der Waals surface area contributed by atoms with Crippen molar-refractivity contribution in [2.75, 3.05) is 0 Å². The van der Waals surface area contributed by atoms with E-state index in [1.807, 2.05) is 42.9 Å². The van der Waals surface area contributed by atoms with Crippen LogP contribution in [-0.2, 0) is 0 Å². The number of nitrogens with zero attached hydrogens (tertiary/aromatic N) is 2. The molecule has 0 aliphatic heterocycles. The largest absolute Gasteiger partial charge is 0.337 e. The topological polar surface area (TPSA) is 33.6 Å². The standard InChI is InChI=1S/C10H11N3S/c1-7-3-4-9(8(2)12-7)13-6-5-11-10(13)14/h3-6H,1-2H3,(H,11,14). The quantitative estimate of drug-likeness (QED) is 0.726. The molecule has 2 heterocycles. The van der Waals surface area contributed by atoms with Crippen molar-refractivity contribution in [3.8, 4) is 5.69 Å². The van der Waals surface area contributed by atoms with Crippen LogP contribution in [0, 0.1) is 18.6 Å². The minimum Gasteiger partial charge on any atom is -0.337 e. The number of aromatic nitrogens is 3. The number of hydrogen-bond acceptors (Lipinski definition) is 2. The summed E-state index contributed by atoms with van der Waals surface area (Å²) in [7, 11) is 0. The van der Waals surface area contributed by atoms with Gasteiger partial charge in [-0.2, -0.15) is 0 Å². The lowest BCUT2D eigenvalue weighted by Gasteiger charge is -2.06. The Hall–Kier alpha value is -1.42. The molecule has 0 aliphatic rings. The molecule has 0 amide bonds. The van der Waals surface area contributed by atoms with E-state index in [1.165, 1.54) is 0 Å². The first-order valence-corrected chi connectivity index (χ1v) is 4.80. The van der Waals surface area contributed by atoms with Crippen molar-refractivity contribution in [2.45, 2.75) is 13.8 Å². The molecule has 72 valence electrons. The Balaban J connectivity index is 2.63. The van der Waals surface area contributed by atoms with Crippen molar-refractivity contribution in [1.82, 2.24) is 14.5 Å². The van der Waals surface area contributed by atoms with E-state index in [1.54, 1.807) is 0 Å². The minimum absolute atomic E-state index is 0.693. The number of aromatic amines is 1. The number of nitrogens with one attached hydrogen (secondary N) is 1. The molecule has 0 saturated carbocycles. The highest BCUT2D eigenvalue weighted by molar-refractivity contribution is 7.71. The summed E-state index contributed by atoms with van der Waals surface area (Å²) in [4.78, 5) is 7.35. The molecule has 14 heavy (non-hydrogen) atoms. The average Bonchev–Trinajstić information content (AvgIpc) is 2.52. The Morgan fingerprint density at radius 3 is 2.71 bits per heavy atom.